The van der Waals surface area contributed by atoms with Gasteiger partial charge < -0.3 is 10.6 Å². The Hall–Kier alpha value is -1.88. The molecule has 2 aromatic rings. The first kappa shape index (κ1) is 14.5. The van der Waals surface area contributed by atoms with E-state index < -0.39 is 5.82 Å². The monoisotopic (exact) mass is 336 g/mol. The third-order valence-corrected chi connectivity index (χ3v) is 3.73. The molecule has 0 radical (unpaired) electrons. The van der Waals surface area contributed by atoms with Crippen molar-refractivity contribution < 1.29 is 9.18 Å². The molecule has 0 aliphatic heterocycles. The molecule has 0 spiro atoms. The van der Waals surface area contributed by atoms with Gasteiger partial charge in [0.1, 0.15) is 5.82 Å². The number of amides is 1. The third-order valence-electron chi connectivity index (χ3n) is 2.96. The quantitative estimate of drug-likeness (QED) is 0.872. The molecule has 2 rings (SSSR count). The molecule has 0 saturated heterocycles. The molecule has 0 aromatic heterocycles. The van der Waals surface area contributed by atoms with Gasteiger partial charge in [-0.25, -0.2) is 4.39 Å². The number of carbonyl (C=O) groups is 1. The number of anilines is 1. The summed E-state index contributed by atoms with van der Waals surface area (Å²) in [5, 5.41) is 0. The Kier molecular flexibility index (Phi) is 4.39. The zero-order chi connectivity index (χ0) is 14.7. The van der Waals surface area contributed by atoms with Crippen LogP contribution in [0.2, 0.25) is 0 Å². The van der Waals surface area contributed by atoms with E-state index in [4.69, 9.17) is 5.73 Å². The highest BCUT2D eigenvalue weighted by atomic mass is 79.9. The molecule has 2 aromatic carbocycles. The van der Waals surface area contributed by atoms with Crippen molar-refractivity contribution in [2.45, 2.75) is 6.54 Å². The summed E-state index contributed by atoms with van der Waals surface area (Å²) in [4.78, 5) is 13.8. The van der Waals surface area contributed by atoms with Crippen LogP contribution in [0.4, 0.5) is 10.1 Å². The average Bonchev–Trinajstić information content (AvgIpc) is 2.43. The van der Waals surface area contributed by atoms with E-state index in [1.165, 1.54) is 17.0 Å². The molecule has 0 aliphatic rings. The summed E-state index contributed by atoms with van der Waals surface area (Å²) in [6.45, 7) is 0.413. The van der Waals surface area contributed by atoms with Crippen molar-refractivity contribution in [1.82, 2.24) is 4.90 Å². The fourth-order valence-electron chi connectivity index (χ4n) is 1.87. The molecule has 20 heavy (non-hydrogen) atoms. The van der Waals surface area contributed by atoms with Gasteiger partial charge in [0.25, 0.3) is 5.91 Å². The van der Waals surface area contributed by atoms with E-state index in [0.29, 0.717) is 6.54 Å². The molecule has 1 amide bonds. The lowest BCUT2D eigenvalue weighted by atomic mass is 10.1. The van der Waals surface area contributed by atoms with Gasteiger partial charge in [-0.05, 0) is 29.8 Å². The maximum absolute atomic E-state index is 13.2. The second kappa shape index (κ2) is 6.05. The van der Waals surface area contributed by atoms with Gasteiger partial charge in [-0.1, -0.05) is 34.1 Å². The third kappa shape index (κ3) is 3.17. The predicted molar refractivity (Wildman–Crippen MR) is 80.8 cm³/mol. The Balaban J connectivity index is 2.21. The van der Waals surface area contributed by atoms with E-state index in [9.17, 15) is 9.18 Å². The van der Waals surface area contributed by atoms with Crippen LogP contribution in [0.25, 0.3) is 0 Å². The molecule has 0 fully saturated rings. The van der Waals surface area contributed by atoms with Crippen LogP contribution in [-0.4, -0.2) is 17.9 Å². The summed E-state index contributed by atoms with van der Waals surface area (Å²) >= 11 is 3.43. The van der Waals surface area contributed by atoms with Crippen molar-refractivity contribution in [3.63, 3.8) is 0 Å². The summed E-state index contributed by atoms with van der Waals surface area (Å²) in [7, 11) is 1.66. The van der Waals surface area contributed by atoms with Crippen molar-refractivity contribution in [3.8, 4) is 0 Å². The number of benzene rings is 2. The molecule has 3 nitrogen and oxygen atoms in total. The fourth-order valence-corrected chi connectivity index (χ4v) is 2.28. The van der Waals surface area contributed by atoms with Crippen molar-refractivity contribution in [2.75, 3.05) is 12.8 Å². The first-order valence-electron chi connectivity index (χ1n) is 6.03. The summed E-state index contributed by atoms with van der Waals surface area (Å²) < 4.78 is 14.2. The largest absolute Gasteiger partial charge is 0.398 e. The Labute approximate surface area is 125 Å². The summed E-state index contributed by atoms with van der Waals surface area (Å²) in [5.41, 5.74) is 7.15. The smallest absolute Gasteiger partial charge is 0.256 e. The SMILES string of the molecule is CN(Cc1ccccc1Br)C(=O)c1cc(F)ccc1N. The normalized spacial score (nSPS) is 10.3. The Morgan fingerprint density at radius 1 is 1.30 bits per heavy atom. The van der Waals surface area contributed by atoms with Gasteiger partial charge in [0, 0.05) is 23.8 Å². The highest BCUT2D eigenvalue weighted by Crippen LogP contribution is 2.20. The highest BCUT2D eigenvalue weighted by molar-refractivity contribution is 9.10. The van der Waals surface area contributed by atoms with Crippen LogP contribution in [0.15, 0.2) is 46.9 Å². The number of rotatable bonds is 3. The van der Waals surface area contributed by atoms with Crippen LogP contribution in [-0.2, 0) is 6.54 Å². The van der Waals surface area contributed by atoms with Crippen molar-refractivity contribution in [2.24, 2.45) is 0 Å². The molecule has 0 unspecified atom stereocenters. The van der Waals surface area contributed by atoms with Crippen LogP contribution in [0.1, 0.15) is 15.9 Å². The van der Waals surface area contributed by atoms with E-state index >= 15 is 0 Å². The number of nitrogens with two attached hydrogens (primary N) is 1. The van der Waals surface area contributed by atoms with Gasteiger partial charge >= 0.3 is 0 Å². The van der Waals surface area contributed by atoms with E-state index in [0.717, 1.165) is 16.1 Å². The second-order valence-electron chi connectivity index (χ2n) is 4.48. The van der Waals surface area contributed by atoms with Crippen molar-refractivity contribution in [3.05, 3.63) is 63.9 Å². The molecular formula is C15H14BrFN2O. The van der Waals surface area contributed by atoms with E-state index in [-0.39, 0.29) is 17.2 Å². The maximum atomic E-state index is 13.2. The van der Waals surface area contributed by atoms with Crippen molar-refractivity contribution >= 4 is 27.5 Å². The minimum atomic E-state index is -0.475. The van der Waals surface area contributed by atoms with Gasteiger partial charge in [0.05, 0.1) is 5.56 Å². The summed E-state index contributed by atoms with van der Waals surface area (Å²) in [6.07, 6.45) is 0. The van der Waals surface area contributed by atoms with Crippen LogP contribution in [0.5, 0.6) is 0 Å². The number of nitrogens with zero attached hydrogens (tertiary/aromatic N) is 1. The van der Waals surface area contributed by atoms with Crippen LogP contribution in [0.3, 0.4) is 0 Å². The first-order chi connectivity index (χ1) is 9.49. The van der Waals surface area contributed by atoms with Gasteiger partial charge in [-0.2, -0.15) is 0 Å². The number of hydrogen-bond acceptors (Lipinski definition) is 2. The average molecular weight is 337 g/mol. The lowest BCUT2D eigenvalue weighted by Crippen LogP contribution is -2.27. The zero-order valence-electron chi connectivity index (χ0n) is 10.9. The molecular weight excluding hydrogens is 323 g/mol. The lowest BCUT2D eigenvalue weighted by molar-refractivity contribution is 0.0785. The topological polar surface area (TPSA) is 46.3 Å². The number of nitrogen functional groups attached to an aromatic ring is 1. The zero-order valence-corrected chi connectivity index (χ0v) is 12.5. The fraction of sp³-hybridized carbons (Fsp3) is 0.133. The van der Waals surface area contributed by atoms with Crippen LogP contribution >= 0.6 is 15.9 Å². The molecule has 104 valence electrons. The summed E-state index contributed by atoms with van der Waals surface area (Å²) in [6, 6.07) is 11.4. The lowest BCUT2D eigenvalue weighted by Gasteiger charge is -2.19. The first-order valence-corrected chi connectivity index (χ1v) is 6.82. The van der Waals surface area contributed by atoms with Crippen LogP contribution in [0, 0.1) is 5.82 Å². The number of halogens is 2. The van der Waals surface area contributed by atoms with E-state index in [1.54, 1.807) is 7.05 Å². The minimum absolute atomic E-state index is 0.180. The van der Waals surface area contributed by atoms with Gasteiger partial charge in [0.15, 0.2) is 0 Å². The predicted octanol–water partition coefficient (Wildman–Crippen LogP) is 3.44. The van der Waals surface area contributed by atoms with Gasteiger partial charge in [-0.15, -0.1) is 0 Å². The molecule has 0 bridgehead atoms. The molecule has 2 N–H and O–H groups in total. The van der Waals surface area contributed by atoms with E-state index in [2.05, 4.69) is 15.9 Å². The number of hydrogen-bond donors (Lipinski definition) is 1. The number of carbonyl (C=O) groups excluding carboxylic acids is 1. The molecule has 0 saturated carbocycles. The van der Waals surface area contributed by atoms with Gasteiger partial charge in [0.2, 0.25) is 0 Å². The molecule has 0 atom stereocenters. The highest BCUT2D eigenvalue weighted by Gasteiger charge is 2.16. The van der Waals surface area contributed by atoms with Gasteiger partial charge in [-0.3, -0.25) is 4.79 Å². The molecule has 5 heteroatoms. The van der Waals surface area contributed by atoms with E-state index in [1.807, 2.05) is 24.3 Å². The Bertz CT molecular complexity index is 646. The van der Waals surface area contributed by atoms with Crippen molar-refractivity contribution in [1.29, 1.82) is 0 Å². The van der Waals surface area contributed by atoms with Crippen LogP contribution < -0.4 is 5.73 Å². The molecule has 0 aliphatic carbocycles. The Morgan fingerprint density at radius 2 is 2.00 bits per heavy atom. The maximum Gasteiger partial charge on any atom is 0.256 e. The second-order valence-corrected chi connectivity index (χ2v) is 5.34. The Morgan fingerprint density at radius 3 is 2.70 bits per heavy atom. The standard InChI is InChI=1S/C15H14BrFN2O/c1-19(9-10-4-2-3-5-13(10)16)15(20)12-8-11(17)6-7-14(12)18/h2-8H,9,18H2,1H3. The molecule has 0 heterocycles. The summed E-state index contributed by atoms with van der Waals surface area (Å²) in [5.74, 6) is -0.783. The minimum Gasteiger partial charge on any atom is -0.398 e.